The van der Waals surface area contributed by atoms with Crippen molar-refractivity contribution in [3.05, 3.63) is 75.9 Å². The van der Waals surface area contributed by atoms with E-state index in [9.17, 15) is 4.79 Å². The number of benzene rings is 2. The van der Waals surface area contributed by atoms with Gasteiger partial charge in [-0.1, -0.05) is 53.0 Å². The summed E-state index contributed by atoms with van der Waals surface area (Å²) in [7, 11) is 0. The maximum Gasteiger partial charge on any atom is 0.187 e. The van der Waals surface area contributed by atoms with E-state index in [1.807, 2.05) is 19.1 Å². The van der Waals surface area contributed by atoms with Crippen molar-refractivity contribution in [3.8, 4) is 0 Å². The first kappa shape index (κ1) is 14.6. The fourth-order valence-corrected chi connectivity index (χ4v) is 2.19. The van der Waals surface area contributed by atoms with Gasteiger partial charge in [0.1, 0.15) is 0 Å². The third kappa shape index (κ3) is 4.12. The van der Waals surface area contributed by atoms with Crippen LogP contribution < -0.4 is 5.32 Å². The van der Waals surface area contributed by atoms with Crippen LogP contribution in [-0.2, 0) is 0 Å². The van der Waals surface area contributed by atoms with Gasteiger partial charge in [-0.15, -0.1) is 0 Å². The number of ketones is 1. The first-order valence-corrected chi connectivity index (χ1v) is 6.80. The molecule has 20 heavy (non-hydrogen) atoms. The molecule has 102 valence electrons. The summed E-state index contributed by atoms with van der Waals surface area (Å²) in [6.45, 7) is 1.98. The Morgan fingerprint density at radius 3 is 2.25 bits per heavy atom. The zero-order valence-electron chi connectivity index (χ0n) is 10.9. The van der Waals surface area contributed by atoms with E-state index in [2.05, 4.69) is 5.32 Å². The Kier molecular flexibility index (Phi) is 4.83. The second-order valence-corrected chi connectivity index (χ2v) is 5.24. The molecule has 0 amide bonds. The highest BCUT2D eigenvalue weighted by molar-refractivity contribution is 6.35. The molecule has 2 aromatic carbocycles. The van der Waals surface area contributed by atoms with E-state index in [1.165, 1.54) is 6.08 Å². The Balaban J connectivity index is 2.02. The highest BCUT2D eigenvalue weighted by Crippen LogP contribution is 2.22. The number of nitrogens with one attached hydrogen (secondary N) is 1. The van der Waals surface area contributed by atoms with Crippen molar-refractivity contribution < 1.29 is 4.79 Å². The summed E-state index contributed by atoms with van der Waals surface area (Å²) in [5, 5.41) is 4.05. The van der Waals surface area contributed by atoms with E-state index < -0.39 is 0 Å². The zero-order chi connectivity index (χ0) is 14.5. The number of hydrogen-bond donors (Lipinski definition) is 1. The van der Waals surface area contributed by atoms with Crippen LogP contribution >= 0.6 is 23.2 Å². The molecular formula is C16H13Cl2NO. The van der Waals surface area contributed by atoms with Gasteiger partial charge in [-0.25, -0.2) is 0 Å². The lowest BCUT2D eigenvalue weighted by Gasteiger charge is -2.02. The second-order valence-electron chi connectivity index (χ2n) is 4.37. The molecule has 0 saturated heterocycles. The van der Waals surface area contributed by atoms with Crippen LogP contribution in [0.1, 0.15) is 15.9 Å². The minimum atomic E-state index is -0.0642. The SMILES string of the molecule is Cc1ccc(C(=O)/C=C/Nc2cc(Cl)cc(Cl)c2)cc1. The topological polar surface area (TPSA) is 29.1 Å². The molecule has 0 aliphatic rings. The minimum absolute atomic E-state index is 0.0642. The van der Waals surface area contributed by atoms with Gasteiger partial charge in [-0.2, -0.15) is 0 Å². The van der Waals surface area contributed by atoms with Crippen LogP contribution in [-0.4, -0.2) is 5.78 Å². The molecule has 0 heterocycles. The molecule has 0 atom stereocenters. The minimum Gasteiger partial charge on any atom is -0.361 e. The van der Waals surface area contributed by atoms with Crippen molar-refractivity contribution >= 4 is 34.7 Å². The van der Waals surface area contributed by atoms with Gasteiger partial charge in [-0.3, -0.25) is 4.79 Å². The maximum atomic E-state index is 11.9. The number of rotatable bonds is 4. The molecule has 2 nitrogen and oxygen atoms in total. The maximum absolute atomic E-state index is 11.9. The van der Waals surface area contributed by atoms with Crippen LogP contribution in [0.3, 0.4) is 0 Å². The zero-order valence-corrected chi connectivity index (χ0v) is 12.4. The predicted molar refractivity (Wildman–Crippen MR) is 84.7 cm³/mol. The molecule has 2 aromatic rings. The number of allylic oxidation sites excluding steroid dienone is 1. The number of carbonyl (C=O) groups excluding carboxylic acids is 1. The molecule has 0 radical (unpaired) electrons. The van der Waals surface area contributed by atoms with Gasteiger partial charge < -0.3 is 5.32 Å². The number of carbonyl (C=O) groups is 1. The molecule has 0 unspecified atom stereocenters. The lowest BCUT2D eigenvalue weighted by Crippen LogP contribution is -1.96. The van der Waals surface area contributed by atoms with Crippen molar-refractivity contribution in [1.29, 1.82) is 0 Å². The fourth-order valence-electron chi connectivity index (χ4n) is 1.66. The molecule has 0 aliphatic heterocycles. The van der Waals surface area contributed by atoms with E-state index in [0.717, 1.165) is 11.3 Å². The molecule has 4 heteroatoms. The van der Waals surface area contributed by atoms with Crippen molar-refractivity contribution in [2.24, 2.45) is 0 Å². The Hall–Kier alpha value is -1.77. The average molecular weight is 306 g/mol. The molecule has 1 N–H and O–H groups in total. The lowest BCUT2D eigenvalue weighted by molar-refractivity contribution is 0.104. The van der Waals surface area contributed by atoms with E-state index in [4.69, 9.17) is 23.2 Å². The Bertz CT molecular complexity index is 628. The van der Waals surface area contributed by atoms with Crippen LogP contribution in [0.25, 0.3) is 0 Å². The lowest BCUT2D eigenvalue weighted by atomic mass is 10.1. The van der Waals surface area contributed by atoms with Gasteiger partial charge in [0.05, 0.1) is 0 Å². The molecule has 0 fully saturated rings. The number of aryl methyl sites for hydroxylation is 1. The quantitative estimate of drug-likeness (QED) is 0.628. The Morgan fingerprint density at radius 1 is 1.05 bits per heavy atom. The normalized spacial score (nSPS) is 10.8. The first-order chi connectivity index (χ1) is 9.54. The smallest absolute Gasteiger partial charge is 0.187 e. The Morgan fingerprint density at radius 2 is 1.65 bits per heavy atom. The van der Waals surface area contributed by atoms with E-state index in [0.29, 0.717) is 15.6 Å². The Labute approximate surface area is 128 Å². The van der Waals surface area contributed by atoms with Gasteiger partial charge in [0.25, 0.3) is 0 Å². The summed E-state index contributed by atoms with van der Waals surface area (Å²) in [5.41, 5.74) is 2.51. The monoisotopic (exact) mass is 305 g/mol. The van der Waals surface area contributed by atoms with Crippen LogP contribution in [0.5, 0.6) is 0 Å². The third-order valence-corrected chi connectivity index (χ3v) is 3.12. The van der Waals surface area contributed by atoms with Crippen LogP contribution in [0, 0.1) is 6.92 Å². The second kappa shape index (κ2) is 6.60. The number of halogens is 2. The summed E-state index contributed by atoms with van der Waals surface area (Å²) in [5.74, 6) is -0.0642. The molecule has 0 aliphatic carbocycles. The first-order valence-electron chi connectivity index (χ1n) is 6.05. The molecular weight excluding hydrogens is 293 g/mol. The van der Waals surface area contributed by atoms with Crippen LogP contribution in [0.2, 0.25) is 10.0 Å². The summed E-state index contributed by atoms with van der Waals surface area (Å²) >= 11 is 11.8. The molecule has 0 bridgehead atoms. The fraction of sp³-hybridized carbons (Fsp3) is 0.0625. The van der Waals surface area contributed by atoms with E-state index in [1.54, 1.807) is 36.5 Å². The van der Waals surface area contributed by atoms with E-state index in [-0.39, 0.29) is 5.78 Å². The van der Waals surface area contributed by atoms with Gasteiger partial charge >= 0.3 is 0 Å². The summed E-state index contributed by atoms with van der Waals surface area (Å²) < 4.78 is 0. The molecule has 0 aromatic heterocycles. The molecule has 0 saturated carbocycles. The van der Waals surface area contributed by atoms with Crippen LogP contribution in [0.4, 0.5) is 5.69 Å². The number of anilines is 1. The molecule has 2 rings (SSSR count). The van der Waals surface area contributed by atoms with E-state index >= 15 is 0 Å². The highest BCUT2D eigenvalue weighted by atomic mass is 35.5. The van der Waals surface area contributed by atoms with Gasteiger partial charge in [0, 0.05) is 33.6 Å². The highest BCUT2D eigenvalue weighted by Gasteiger charge is 2.00. The average Bonchev–Trinajstić information content (AvgIpc) is 2.38. The predicted octanol–water partition coefficient (Wildman–Crippen LogP) is 5.11. The standard InChI is InChI=1S/C16H13Cl2NO/c1-11-2-4-12(5-3-11)16(20)6-7-19-15-9-13(17)8-14(18)10-15/h2-10,19H,1H3/b7-6+. The molecule has 0 spiro atoms. The van der Waals surface area contributed by atoms with Crippen LogP contribution in [0.15, 0.2) is 54.7 Å². The van der Waals surface area contributed by atoms with Gasteiger partial charge in [0.2, 0.25) is 0 Å². The van der Waals surface area contributed by atoms with Crippen molar-refractivity contribution in [3.63, 3.8) is 0 Å². The van der Waals surface area contributed by atoms with Gasteiger partial charge in [-0.05, 0) is 25.1 Å². The third-order valence-electron chi connectivity index (χ3n) is 2.68. The summed E-state index contributed by atoms with van der Waals surface area (Å²) in [4.78, 5) is 11.9. The van der Waals surface area contributed by atoms with Crippen molar-refractivity contribution in [2.75, 3.05) is 5.32 Å². The summed E-state index contributed by atoms with van der Waals surface area (Å²) in [6, 6.07) is 12.5. The largest absolute Gasteiger partial charge is 0.361 e. The van der Waals surface area contributed by atoms with Crippen molar-refractivity contribution in [2.45, 2.75) is 6.92 Å². The van der Waals surface area contributed by atoms with Crippen molar-refractivity contribution in [1.82, 2.24) is 0 Å². The number of hydrogen-bond acceptors (Lipinski definition) is 2. The van der Waals surface area contributed by atoms with Gasteiger partial charge in [0.15, 0.2) is 5.78 Å². The summed E-state index contributed by atoms with van der Waals surface area (Å²) in [6.07, 6.45) is 3.05.